The van der Waals surface area contributed by atoms with Gasteiger partial charge in [0.25, 0.3) is 0 Å². The van der Waals surface area contributed by atoms with Crippen LogP contribution in [0.2, 0.25) is 0 Å². The Hall–Kier alpha value is -1.75. The third-order valence-electron chi connectivity index (χ3n) is 1.71. The first-order valence-electron chi connectivity index (χ1n) is 6.23. The molecule has 0 atom stereocenters. The van der Waals surface area contributed by atoms with E-state index in [1.165, 1.54) is 19.2 Å². The van der Waals surface area contributed by atoms with Crippen LogP contribution in [0.15, 0.2) is 18.2 Å². The molecule has 0 aliphatic heterocycles. The van der Waals surface area contributed by atoms with Gasteiger partial charge >= 0.3 is 5.97 Å². The predicted molar refractivity (Wildman–Crippen MR) is 77.4 cm³/mol. The van der Waals surface area contributed by atoms with E-state index in [0.29, 0.717) is 18.1 Å². The van der Waals surface area contributed by atoms with E-state index in [0.717, 1.165) is 0 Å². The zero-order valence-electron chi connectivity index (χ0n) is 12.6. The molecule has 0 radical (unpaired) electrons. The molecular formula is C14H26O5. The molecule has 5 heteroatoms. The van der Waals surface area contributed by atoms with Gasteiger partial charge in [-0.1, -0.05) is 27.7 Å². The lowest BCUT2D eigenvalue weighted by Gasteiger charge is -2.09. The number of ether oxygens (including phenoxy) is 2. The van der Waals surface area contributed by atoms with Crippen LogP contribution < -0.4 is 9.47 Å². The average Bonchev–Trinajstić information content (AvgIpc) is 2.43. The van der Waals surface area contributed by atoms with Crippen LogP contribution in [0.3, 0.4) is 0 Å². The van der Waals surface area contributed by atoms with Crippen LogP contribution in [-0.2, 0) is 0 Å². The van der Waals surface area contributed by atoms with Gasteiger partial charge in [0.15, 0.2) is 11.5 Å². The number of carboxylic acid groups (broad SMARTS) is 1. The molecule has 0 unspecified atom stereocenters. The molecule has 1 aromatic carbocycles. The van der Waals surface area contributed by atoms with E-state index in [2.05, 4.69) is 0 Å². The maximum atomic E-state index is 10.6. The molecule has 0 saturated carbocycles. The number of hydrogen-bond acceptors (Lipinski definition) is 3. The van der Waals surface area contributed by atoms with E-state index in [1.807, 2.05) is 34.6 Å². The molecule has 0 saturated heterocycles. The summed E-state index contributed by atoms with van der Waals surface area (Å²) in [5.41, 5.74) is 0.185. The average molecular weight is 274 g/mol. The van der Waals surface area contributed by atoms with Gasteiger partial charge < -0.3 is 20.1 Å². The minimum absolute atomic E-state index is 0. The van der Waals surface area contributed by atoms with E-state index in [-0.39, 0.29) is 11.0 Å². The molecular weight excluding hydrogens is 248 g/mol. The summed E-state index contributed by atoms with van der Waals surface area (Å²) in [4.78, 5) is 10.6. The topological polar surface area (TPSA) is 87.3 Å². The van der Waals surface area contributed by atoms with Crippen molar-refractivity contribution in [2.45, 2.75) is 34.6 Å². The highest BCUT2D eigenvalue weighted by Crippen LogP contribution is 2.27. The Morgan fingerprint density at radius 3 is 2.05 bits per heavy atom. The van der Waals surface area contributed by atoms with Gasteiger partial charge in [0.05, 0.1) is 19.3 Å². The SMILES string of the molecule is CC.CC.CCOc1ccc(C(=O)O)cc1OC.O. The quantitative estimate of drug-likeness (QED) is 0.914. The second-order valence-corrected chi connectivity index (χ2v) is 2.60. The number of carboxylic acids is 1. The molecule has 0 aliphatic rings. The lowest BCUT2D eigenvalue weighted by molar-refractivity contribution is 0.0696. The molecule has 0 aliphatic carbocycles. The van der Waals surface area contributed by atoms with E-state index < -0.39 is 5.97 Å². The van der Waals surface area contributed by atoms with Gasteiger partial charge in [0.2, 0.25) is 0 Å². The summed E-state index contributed by atoms with van der Waals surface area (Å²) in [6.07, 6.45) is 0. The first-order chi connectivity index (χ1) is 8.69. The van der Waals surface area contributed by atoms with Gasteiger partial charge in [-0.3, -0.25) is 0 Å². The number of methoxy groups -OCH3 is 1. The van der Waals surface area contributed by atoms with Crippen molar-refractivity contribution in [1.29, 1.82) is 0 Å². The summed E-state index contributed by atoms with van der Waals surface area (Å²) in [6, 6.07) is 4.51. The molecule has 1 rings (SSSR count). The van der Waals surface area contributed by atoms with Gasteiger partial charge in [0.1, 0.15) is 0 Å². The molecule has 0 bridgehead atoms. The van der Waals surface area contributed by atoms with E-state index >= 15 is 0 Å². The summed E-state index contributed by atoms with van der Waals surface area (Å²) in [6.45, 7) is 10.4. The van der Waals surface area contributed by atoms with Crippen LogP contribution in [0.5, 0.6) is 11.5 Å². The lowest BCUT2D eigenvalue weighted by atomic mass is 10.2. The molecule has 0 spiro atoms. The molecule has 112 valence electrons. The number of carbonyl (C=O) groups is 1. The van der Waals surface area contributed by atoms with Crippen molar-refractivity contribution in [1.82, 2.24) is 0 Å². The van der Waals surface area contributed by atoms with Gasteiger partial charge in [-0.2, -0.15) is 0 Å². The number of rotatable bonds is 4. The summed E-state index contributed by atoms with van der Waals surface area (Å²) >= 11 is 0. The largest absolute Gasteiger partial charge is 0.493 e. The van der Waals surface area contributed by atoms with Crippen molar-refractivity contribution in [3.63, 3.8) is 0 Å². The summed E-state index contributed by atoms with van der Waals surface area (Å²) in [5, 5.41) is 8.73. The Labute approximate surface area is 115 Å². The molecule has 0 amide bonds. The third kappa shape index (κ3) is 8.05. The van der Waals surface area contributed by atoms with Crippen LogP contribution in [0, 0.1) is 0 Å². The van der Waals surface area contributed by atoms with Crippen molar-refractivity contribution < 1.29 is 24.9 Å². The minimum atomic E-state index is -0.980. The van der Waals surface area contributed by atoms with E-state index in [4.69, 9.17) is 14.6 Å². The van der Waals surface area contributed by atoms with Gasteiger partial charge in [0, 0.05) is 0 Å². The Morgan fingerprint density at radius 2 is 1.68 bits per heavy atom. The van der Waals surface area contributed by atoms with Crippen molar-refractivity contribution in [2.75, 3.05) is 13.7 Å². The highest BCUT2D eigenvalue weighted by Gasteiger charge is 2.08. The number of aromatic carboxylic acids is 1. The highest BCUT2D eigenvalue weighted by atomic mass is 16.5. The summed E-state index contributed by atoms with van der Waals surface area (Å²) in [5.74, 6) is 0.0121. The van der Waals surface area contributed by atoms with Crippen LogP contribution in [0.25, 0.3) is 0 Å². The van der Waals surface area contributed by atoms with Crippen molar-refractivity contribution in [3.8, 4) is 11.5 Å². The standard InChI is InChI=1S/C10H12O4.2C2H6.H2O/c1-3-14-8-5-4-7(10(11)12)6-9(8)13-2;2*1-2;/h4-6H,3H2,1-2H3,(H,11,12);2*1-2H3;1H2. The maximum absolute atomic E-state index is 10.6. The maximum Gasteiger partial charge on any atom is 0.335 e. The minimum Gasteiger partial charge on any atom is -0.493 e. The fraction of sp³-hybridized carbons (Fsp3) is 0.500. The van der Waals surface area contributed by atoms with Crippen molar-refractivity contribution in [2.24, 2.45) is 0 Å². The zero-order chi connectivity index (χ0) is 14.6. The Bertz CT molecular complexity index is 337. The smallest absolute Gasteiger partial charge is 0.335 e. The Morgan fingerprint density at radius 1 is 1.16 bits per heavy atom. The van der Waals surface area contributed by atoms with Crippen LogP contribution >= 0.6 is 0 Å². The highest BCUT2D eigenvalue weighted by molar-refractivity contribution is 5.88. The first-order valence-corrected chi connectivity index (χ1v) is 6.23. The zero-order valence-corrected chi connectivity index (χ0v) is 12.6. The van der Waals surface area contributed by atoms with Crippen LogP contribution in [0.4, 0.5) is 0 Å². The number of hydrogen-bond donors (Lipinski definition) is 1. The van der Waals surface area contributed by atoms with Gasteiger partial charge in [-0.15, -0.1) is 0 Å². The van der Waals surface area contributed by atoms with E-state index in [9.17, 15) is 4.79 Å². The normalized spacial score (nSPS) is 7.68. The summed E-state index contributed by atoms with van der Waals surface area (Å²) in [7, 11) is 1.48. The van der Waals surface area contributed by atoms with Gasteiger partial charge in [-0.25, -0.2) is 4.79 Å². The van der Waals surface area contributed by atoms with Crippen molar-refractivity contribution in [3.05, 3.63) is 23.8 Å². The van der Waals surface area contributed by atoms with Crippen LogP contribution in [-0.4, -0.2) is 30.3 Å². The monoisotopic (exact) mass is 274 g/mol. The molecule has 5 nitrogen and oxygen atoms in total. The lowest BCUT2D eigenvalue weighted by Crippen LogP contribution is -2.00. The number of benzene rings is 1. The predicted octanol–water partition coefficient (Wildman–Crippen LogP) is 3.02. The Kier molecular flexibility index (Phi) is 16.9. The van der Waals surface area contributed by atoms with Gasteiger partial charge in [-0.05, 0) is 25.1 Å². The van der Waals surface area contributed by atoms with E-state index in [1.54, 1.807) is 6.07 Å². The molecule has 0 fully saturated rings. The fourth-order valence-electron chi connectivity index (χ4n) is 1.08. The van der Waals surface area contributed by atoms with Crippen molar-refractivity contribution >= 4 is 5.97 Å². The molecule has 3 N–H and O–H groups in total. The second-order valence-electron chi connectivity index (χ2n) is 2.60. The second kappa shape index (κ2) is 14.3. The Balaban J connectivity index is -0.000000467. The molecule has 19 heavy (non-hydrogen) atoms. The van der Waals surface area contributed by atoms with Crippen LogP contribution in [0.1, 0.15) is 45.0 Å². The fourth-order valence-corrected chi connectivity index (χ4v) is 1.08. The molecule has 1 aromatic rings. The first kappa shape index (κ1) is 22.4. The third-order valence-corrected chi connectivity index (χ3v) is 1.71. The molecule has 0 aromatic heterocycles. The molecule has 0 heterocycles. The summed E-state index contributed by atoms with van der Waals surface area (Å²) < 4.78 is 10.2.